The lowest BCUT2D eigenvalue weighted by molar-refractivity contribution is -0.131. The highest BCUT2D eigenvalue weighted by atomic mass is 35.5. The van der Waals surface area contributed by atoms with E-state index in [1.165, 1.54) is 0 Å². The van der Waals surface area contributed by atoms with Gasteiger partial charge in [0.05, 0.1) is 0 Å². The van der Waals surface area contributed by atoms with Crippen molar-refractivity contribution in [3.8, 4) is 0 Å². The van der Waals surface area contributed by atoms with E-state index in [1.807, 2.05) is 24.3 Å². The number of alkyl halides is 2. The zero-order valence-corrected chi connectivity index (χ0v) is 11.4. The van der Waals surface area contributed by atoms with E-state index in [-0.39, 0.29) is 0 Å². The number of hydrogen-bond acceptors (Lipinski definition) is 2. The lowest BCUT2D eigenvalue weighted by Gasteiger charge is -2.23. The summed E-state index contributed by atoms with van der Waals surface area (Å²) in [6.07, 6.45) is 2.68. The van der Waals surface area contributed by atoms with Crippen molar-refractivity contribution in [2.45, 2.75) is 0 Å². The van der Waals surface area contributed by atoms with Crippen LogP contribution in [0, 0.1) is 0 Å². The lowest BCUT2D eigenvalue weighted by Crippen LogP contribution is -2.27. The molecule has 0 fully saturated rings. The van der Waals surface area contributed by atoms with E-state index in [0.29, 0.717) is 24.8 Å². The number of carboxylic acid groups (broad SMARTS) is 1. The Morgan fingerprint density at radius 1 is 1.28 bits per heavy atom. The normalized spacial score (nSPS) is 10.8. The highest BCUT2D eigenvalue weighted by Gasteiger charge is 2.05. The predicted molar refractivity (Wildman–Crippen MR) is 76.8 cm³/mol. The molecule has 0 radical (unpaired) electrons. The van der Waals surface area contributed by atoms with Gasteiger partial charge in [-0.2, -0.15) is 0 Å². The Bertz CT molecular complexity index is 415. The number of rotatable bonds is 7. The molecule has 98 valence electrons. The van der Waals surface area contributed by atoms with Gasteiger partial charge in [-0.25, -0.2) is 4.79 Å². The average Bonchev–Trinajstić information content (AvgIpc) is 2.36. The number of halogens is 2. The van der Waals surface area contributed by atoms with E-state index in [1.54, 1.807) is 6.08 Å². The van der Waals surface area contributed by atoms with Crippen LogP contribution in [0.1, 0.15) is 5.56 Å². The molecule has 3 nitrogen and oxygen atoms in total. The summed E-state index contributed by atoms with van der Waals surface area (Å²) in [6, 6.07) is 7.60. The molecule has 0 atom stereocenters. The van der Waals surface area contributed by atoms with Gasteiger partial charge in [0.25, 0.3) is 0 Å². The van der Waals surface area contributed by atoms with E-state index < -0.39 is 5.97 Å². The van der Waals surface area contributed by atoms with Crippen molar-refractivity contribution >= 4 is 40.9 Å². The fraction of sp³-hybridized carbons (Fsp3) is 0.308. The molecular formula is C13H15Cl2NO2. The number of carboxylic acids is 1. The quantitative estimate of drug-likeness (QED) is 0.619. The van der Waals surface area contributed by atoms with Crippen LogP contribution in [0.5, 0.6) is 0 Å². The van der Waals surface area contributed by atoms with Crippen molar-refractivity contribution in [1.29, 1.82) is 0 Å². The minimum atomic E-state index is -0.959. The summed E-state index contributed by atoms with van der Waals surface area (Å²) in [7, 11) is 0. The van der Waals surface area contributed by atoms with Crippen LogP contribution in [-0.2, 0) is 4.79 Å². The number of carbonyl (C=O) groups is 1. The van der Waals surface area contributed by atoms with Crippen molar-refractivity contribution in [2.24, 2.45) is 0 Å². The highest BCUT2D eigenvalue weighted by Crippen LogP contribution is 2.17. The first-order chi connectivity index (χ1) is 8.67. The first kappa shape index (κ1) is 14.9. The van der Waals surface area contributed by atoms with E-state index in [9.17, 15) is 4.79 Å². The number of benzene rings is 1. The molecule has 1 rings (SSSR count). The second kappa shape index (κ2) is 8.01. The molecule has 0 heterocycles. The Hall–Kier alpha value is -1.19. The third-order valence-corrected chi connectivity index (χ3v) is 2.70. The Kier molecular flexibility index (Phi) is 6.61. The van der Waals surface area contributed by atoms with Crippen LogP contribution in [0.15, 0.2) is 30.3 Å². The largest absolute Gasteiger partial charge is 0.478 e. The molecule has 0 aliphatic carbocycles. The molecule has 0 aromatic heterocycles. The van der Waals surface area contributed by atoms with Crippen molar-refractivity contribution in [3.05, 3.63) is 35.9 Å². The first-order valence-electron chi connectivity index (χ1n) is 5.55. The molecule has 1 N–H and O–H groups in total. The Balaban J connectivity index is 2.87. The van der Waals surface area contributed by atoms with Crippen molar-refractivity contribution < 1.29 is 9.90 Å². The van der Waals surface area contributed by atoms with Crippen molar-refractivity contribution in [2.75, 3.05) is 29.7 Å². The second-order valence-electron chi connectivity index (χ2n) is 3.63. The Morgan fingerprint density at radius 3 is 2.50 bits per heavy atom. The third-order valence-electron chi connectivity index (χ3n) is 2.36. The van der Waals surface area contributed by atoms with E-state index in [4.69, 9.17) is 28.3 Å². The van der Waals surface area contributed by atoms with Crippen molar-refractivity contribution in [1.82, 2.24) is 0 Å². The van der Waals surface area contributed by atoms with Gasteiger partial charge in [0.15, 0.2) is 0 Å². The standard InChI is InChI=1S/C13H15Cl2NO2/c14-6-8-16(9-7-15)12-3-1-2-11(10-12)4-5-13(17)18/h1-5,10H,6-9H2,(H,17,18). The van der Waals surface area contributed by atoms with Gasteiger partial charge >= 0.3 is 5.97 Å². The van der Waals surface area contributed by atoms with Gasteiger partial charge in [-0.05, 0) is 23.8 Å². The molecule has 5 heteroatoms. The van der Waals surface area contributed by atoms with Gasteiger partial charge in [0.1, 0.15) is 0 Å². The van der Waals surface area contributed by atoms with Crippen molar-refractivity contribution in [3.63, 3.8) is 0 Å². The molecule has 0 aliphatic rings. The average molecular weight is 288 g/mol. The topological polar surface area (TPSA) is 40.5 Å². The smallest absolute Gasteiger partial charge is 0.328 e. The molecular weight excluding hydrogens is 273 g/mol. The van der Waals surface area contributed by atoms with Crippen LogP contribution in [-0.4, -0.2) is 35.9 Å². The predicted octanol–water partition coefficient (Wildman–Crippen LogP) is 3.07. The summed E-state index contributed by atoms with van der Waals surface area (Å²) < 4.78 is 0. The van der Waals surface area contributed by atoms with Gasteiger partial charge in [-0.1, -0.05) is 12.1 Å². The summed E-state index contributed by atoms with van der Waals surface area (Å²) in [4.78, 5) is 12.5. The summed E-state index contributed by atoms with van der Waals surface area (Å²) in [6.45, 7) is 1.42. The maximum Gasteiger partial charge on any atom is 0.328 e. The molecule has 0 bridgehead atoms. The lowest BCUT2D eigenvalue weighted by atomic mass is 10.1. The van der Waals surface area contributed by atoms with Crippen LogP contribution in [0.4, 0.5) is 5.69 Å². The number of hydrogen-bond donors (Lipinski definition) is 1. The summed E-state index contributed by atoms with van der Waals surface area (Å²) in [5.74, 6) is 0.0804. The van der Waals surface area contributed by atoms with E-state index in [0.717, 1.165) is 17.3 Å². The molecule has 1 aromatic rings. The van der Waals surface area contributed by atoms with Gasteiger partial charge in [-0.15, -0.1) is 23.2 Å². The van der Waals surface area contributed by atoms with E-state index >= 15 is 0 Å². The Labute approximate surface area is 117 Å². The molecule has 0 spiro atoms. The molecule has 0 saturated heterocycles. The maximum absolute atomic E-state index is 10.5. The molecule has 0 amide bonds. The summed E-state index contributed by atoms with van der Waals surface area (Å²) in [5.41, 5.74) is 1.83. The zero-order valence-electron chi connectivity index (χ0n) is 9.85. The fourth-order valence-electron chi connectivity index (χ4n) is 1.57. The number of anilines is 1. The highest BCUT2D eigenvalue weighted by molar-refractivity contribution is 6.18. The molecule has 0 saturated carbocycles. The van der Waals surface area contributed by atoms with Crippen LogP contribution in [0.2, 0.25) is 0 Å². The molecule has 0 aliphatic heterocycles. The van der Waals surface area contributed by atoms with Crippen LogP contribution < -0.4 is 4.90 Å². The molecule has 1 aromatic carbocycles. The van der Waals surface area contributed by atoms with E-state index in [2.05, 4.69) is 4.90 Å². The number of nitrogens with zero attached hydrogens (tertiary/aromatic N) is 1. The monoisotopic (exact) mass is 287 g/mol. The summed E-state index contributed by atoms with van der Waals surface area (Å²) in [5, 5.41) is 8.59. The molecule has 18 heavy (non-hydrogen) atoms. The molecule has 0 unspecified atom stereocenters. The van der Waals surface area contributed by atoms with Gasteiger partial charge < -0.3 is 10.0 Å². The minimum absolute atomic E-state index is 0.520. The van der Waals surface area contributed by atoms with Gasteiger partial charge in [-0.3, -0.25) is 0 Å². The second-order valence-corrected chi connectivity index (χ2v) is 4.39. The maximum atomic E-state index is 10.5. The first-order valence-corrected chi connectivity index (χ1v) is 6.62. The minimum Gasteiger partial charge on any atom is -0.478 e. The van der Waals surface area contributed by atoms with Gasteiger partial charge in [0, 0.05) is 36.6 Å². The van der Waals surface area contributed by atoms with Crippen LogP contribution in [0.3, 0.4) is 0 Å². The fourth-order valence-corrected chi connectivity index (χ4v) is 1.97. The Morgan fingerprint density at radius 2 is 1.94 bits per heavy atom. The zero-order chi connectivity index (χ0) is 13.4. The third kappa shape index (κ3) is 4.98. The SMILES string of the molecule is O=C(O)C=Cc1cccc(N(CCCl)CCCl)c1. The summed E-state index contributed by atoms with van der Waals surface area (Å²) >= 11 is 11.5. The number of aliphatic carboxylic acids is 1. The van der Waals surface area contributed by atoms with Crippen LogP contribution in [0.25, 0.3) is 6.08 Å². The van der Waals surface area contributed by atoms with Crippen LogP contribution >= 0.6 is 23.2 Å². The van der Waals surface area contributed by atoms with Gasteiger partial charge in [0.2, 0.25) is 0 Å².